The highest BCUT2D eigenvalue weighted by atomic mass is 16.2. The Morgan fingerprint density at radius 3 is 2.78 bits per heavy atom. The van der Waals surface area contributed by atoms with Crippen LogP contribution in [0.15, 0.2) is 24.3 Å². The number of rotatable bonds is 5. The van der Waals surface area contributed by atoms with E-state index >= 15 is 0 Å². The zero-order valence-corrected chi connectivity index (χ0v) is 10.0. The third-order valence-electron chi connectivity index (χ3n) is 2.11. The van der Waals surface area contributed by atoms with E-state index in [1.54, 1.807) is 31.3 Å². The van der Waals surface area contributed by atoms with Crippen LogP contribution in [0.5, 0.6) is 0 Å². The van der Waals surface area contributed by atoms with Gasteiger partial charge in [0.05, 0.1) is 24.7 Å². The molecule has 0 atom stereocenters. The van der Waals surface area contributed by atoms with Crippen molar-refractivity contribution in [2.45, 2.75) is 0 Å². The van der Waals surface area contributed by atoms with Crippen molar-refractivity contribution in [2.24, 2.45) is 5.73 Å². The molecule has 18 heavy (non-hydrogen) atoms. The quantitative estimate of drug-likeness (QED) is 0.758. The number of nitrogens with zero attached hydrogens (tertiary/aromatic N) is 2. The smallest absolute Gasteiger partial charge is 0.238 e. The monoisotopic (exact) mass is 246 g/mol. The van der Waals surface area contributed by atoms with E-state index in [0.717, 1.165) is 0 Å². The minimum absolute atomic E-state index is 0.0195. The van der Waals surface area contributed by atoms with Crippen molar-refractivity contribution in [1.29, 1.82) is 5.26 Å². The number of anilines is 1. The Morgan fingerprint density at radius 1 is 1.44 bits per heavy atom. The zero-order chi connectivity index (χ0) is 13.5. The summed E-state index contributed by atoms with van der Waals surface area (Å²) in [4.78, 5) is 23.8. The van der Waals surface area contributed by atoms with Gasteiger partial charge in [-0.3, -0.25) is 14.5 Å². The van der Waals surface area contributed by atoms with Crippen LogP contribution < -0.4 is 11.1 Å². The van der Waals surface area contributed by atoms with Crippen molar-refractivity contribution >= 4 is 17.5 Å². The summed E-state index contributed by atoms with van der Waals surface area (Å²) in [5.41, 5.74) is 6.03. The normalized spacial score (nSPS) is 9.83. The summed E-state index contributed by atoms with van der Waals surface area (Å²) in [6, 6.07) is 8.58. The topological polar surface area (TPSA) is 99.2 Å². The van der Waals surface area contributed by atoms with Crippen molar-refractivity contribution in [3.8, 4) is 6.07 Å². The maximum absolute atomic E-state index is 11.6. The third kappa shape index (κ3) is 4.63. The SMILES string of the molecule is CN(CC(N)=O)CC(=O)Nc1cccc(C#N)c1. The molecule has 6 heteroatoms. The molecule has 94 valence electrons. The lowest BCUT2D eigenvalue weighted by Gasteiger charge is -2.14. The van der Waals surface area contributed by atoms with Crippen LogP contribution in [0, 0.1) is 11.3 Å². The van der Waals surface area contributed by atoms with Crippen LogP contribution in [0.3, 0.4) is 0 Å². The molecule has 1 rings (SSSR count). The highest BCUT2D eigenvalue weighted by molar-refractivity contribution is 5.92. The number of primary amides is 1. The maximum atomic E-state index is 11.6. The van der Waals surface area contributed by atoms with Gasteiger partial charge in [0, 0.05) is 5.69 Å². The molecule has 0 radical (unpaired) electrons. The first kappa shape index (κ1) is 13.7. The van der Waals surface area contributed by atoms with Gasteiger partial charge in [-0.15, -0.1) is 0 Å². The summed E-state index contributed by atoms with van der Waals surface area (Å²) in [5.74, 6) is -0.759. The molecule has 3 N–H and O–H groups in total. The van der Waals surface area contributed by atoms with E-state index in [4.69, 9.17) is 11.0 Å². The number of carbonyl (C=O) groups excluding carboxylic acids is 2. The Hall–Kier alpha value is -2.39. The summed E-state index contributed by atoms with van der Waals surface area (Å²) < 4.78 is 0. The zero-order valence-electron chi connectivity index (χ0n) is 10.0. The van der Waals surface area contributed by atoms with Gasteiger partial charge in [-0.05, 0) is 25.2 Å². The van der Waals surface area contributed by atoms with Gasteiger partial charge in [0.15, 0.2) is 0 Å². The molecule has 0 unspecified atom stereocenters. The number of amides is 2. The molecule has 0 bridgehead atoms. The highest BCUT2D eigenvalue weighted by Crippen LogP contribution is 2.09. The minimum atomic E-state index is -0.489. The van der Waals surface area contributed by atoms with Crippen LogP contribution in [0.2, 0.25) is 0 Å². The van der Waals surface area contributed by atoms with E-state index in [9.17, 15) is 9.59 Å². The Balaban J connectivity index is 2.54. The van der Waals surface area contributed by atoms with Crippen molar-refractivity contribution < 1.29 is 9.59 Å². The average Bonchev–Trinajstić information content (AvgIpc) is 2.27. The highest BCUT2D eigenvalue weighted by Gasteiger charge is 2.08. The molecule has 6 nitrogen and oxygen atoms in total. The van der Waals surface area contributed by atoms with Gasteiger partial charge in [-0.1, -0.05) is 6.07 Å². The number of hydrogen-bond donors (Lipinski definition) is 2. The fourth-order valence-corrected chi connectivity index (χ4v) is 1.43. The third-order valence-corrected chi connectivity index (χ3v) is 2.11. The fraction of sp³-hybridized carbons (Fsp3) is 0.250. The number of hydrogen-bond acceptors (Lipinski definition) is 4. The molecule has 1 aromatic carbocycles. The summed E-state index contributed by atoms with van der Waals surface area (Å²) in [6.45, 7) is 0.0748. The van der Waals surface area contributed by atoms with E-state index in [1.807, 2.05) is 6.07 Å². The molecule has 0 fully saturated rings. The molecule has 0 aromatic heterocycles. The molecule has 2 amide bonds. The molecule has 0 spiro atoms. The number of nitrogens with one attached hydrogen (secondary N) is 1. The van der Waals surface area contributed by atoms with Crippen LogP contribution in [0.4, 0.5) is 5.69 Å². The Bertz CT molecular complexity index is 493. The second-order valence-corrected chi connectivity index (χ2v) is 3.88. The molecular weight excluding hydrogens is 232 g/mol. The number of benzene rings is 1. The van der Waals surface area contributed by atoms with E-state index in [2.05, 4.69) is 5.32 Å². The van der Waals surface area contributed by atoms with Gasteiger partial charge in [-0.25, -0.2) is 0 Å². The molecule has 0 aliphatic carbocycles. The summed E-state index contributed by atoms with van der Waals surface area (Å²) >= 11 is 0. The summed E-state index contributed by atoms with van der Waals surface area (Å²) in [5, 5.41) is 11.4. The molecule has 0 aliphatic rings. The standard InChI is InChI=1S/C12H14N4O2/c1-16(7-11(14)17)8-12(18)15-10-4-2-3-9(5-10)6-13/h2-5H,7-8H2,1H3,(H2,14,17)(H,15,18). The van der Waals surface area contributed by atoms with Crippen LogP contribution in [0.1, 0.15) is 5.56 Å². The Labute approximate surface area is 105 Å². The second-order valence-electron chi connectivity index (χ2n) is 3.88. The second kappa shape index (κ2) is 6.37. The van der Waals surface area contributed by atoms with E-state index < -0.39 is 5.91 Å². The van der Waals surface area contributed by atoms with E-state index in [1.165, 1.54) is 4.90 Å². The number of carbonyl (C=O) groups is 2. The van der Waals surface area contributed by atoms with Gasteiger partial charge < -0.3 is 11.1 Å². The van der Waals surface area contributed by atoms with Gasteiger partial charge in [-0.2, -0.15) is 5.26 Å². The number of nitriles is 1. The first-order valence-electron chi connectivity index (χ1n) is 5.28. The van der Waals surface area contributed by atoms with Crippen LogP contribution in [-0.2, 0) is 9.59 Å². The lowest BCUT2D eigenvalue weighted by molar-refractivity contribution is -0.120. The van der Waals surface area contributed by atoms with Crippen LogP contribution in [-0.4, -0.2) is 36.9 Å². The van der Waals surface area contributed by atoms with Crippen molar-refractivity contribution in [3.05, 3.63) is 29.8 Å². The van der Waals surface area contributed by atoms with Crippen molar-refractivity contribution in [2.75, 3.05) is 25.5 Å². The lowest BCUT2D eigenvalue weighted by Crippen LogP contribution is -2.36. The van der Waals surface area contributed by atoms with Gasteiger partial charge in [0.1, 0.15) is 0 Å². The Morgan fingerprint density at radius 2 is 2.17 bits per heavy atom. The predicted octanol–water partition coefficient (Wildman–Crippen LogP) is -0.0861. The van der Waals surface area contributed by atoms with Gasteiger partial charge in [0.2, 0.25) is 11.8 Å². The predicted molar refractivity (Wildman–Crippen MR) is 66.5 cm³/mol. The van der Waals surface area contributed by atoms with Crippen LogP contribution >= 0.6 is 0 Å². The van der Waals surface area contributed by atoms with Gasteiger partial charge in [0.25, 0.3) is 0 Å². The van der Waals surface area contributed by atoms with Gasteiger partial charge >= 0.3 is 0 Å². The van der Waals surface area contributed by atoms with E-state index in [-0.39, 0.29) is 19.0 Å². The van der Waals surface area contributed by atoms with E-state index in [0.29, 0.717) is 11.3 Å². The molecule has 0 aliphatic heterocycles. The van der Waals surface area contributed by atoms with Crippen molar-refractivity contribution in [3.63, 3.8) is 0 Å². The first-order chi connectivity index (χ1) is 8.51. The number of likely N-dealkylation sites (N-methyl/N-ethyl adjacent to an activating group) is 1. The molecule has 1 aromatic rings. The van der Waals surface area contributed by atoms with Crippen LogP contribution in [0.25, 0.3) is 0 Å². The maximum Gasteiger partial charge on any atom is 0.238 e. The fourth-order valence-electron chi connectivity index (χ4n) is 1.43. The largest absolute Gasteiger partial charge is 0.369 e. The minimum Gasteiger partial charge on any atom is -0.369 e. The average molecular weight is 246 g/mol. The summed E-state index contributed by atoms with van der Waals surface area (Å²) in [7, 11) is 1.62. The molecule has 0 heterocycles. The molecular formula is C12H14N4O2. The lowest BCUT2D eigenvalue weighted by atomic mass is 10.2. The van der Waals surface area contributed by atoms with Crippen molar-refractivity contribution in [1.82, 2.24) is 4.90 Å². The number of nitrogens with two attached hydrogens (primary N) is 1. The molecule has 0 saturated heterocycles. The molecule has 0 saturated carbocycles. The summed E-state index contributed by atoms with van der Waals surface area (Å²) in [6.07, 6.45) is 0. The first-order valence-corrected chi connectivity index (χ1v) is 5.28. The Kier molecular flexibility index (Phi) is 4.84.